The molecule has 76 valence electrons. The fourth-order valence-corrected chi connectivity index (χ4v) is 0.922. The van der Waals surface area contributed by atoms with E-state index in [1.54, 1.807) is 18.3 Å². The fraction of sp³-hybridized carbons (Fsp3) is 0.444. The summed E-state index contributed by atoms with van der Waals surface area (Å²) >= 11 is 0. The minimum absolute atomic E-state index is 0.154. The standard InChI is InChI=1S/C9H14N4O/c1-2-8(10)9(14)11-6-7-4-3-5-12-13-7/h3-5,8H,2,6,10H2,1H3,(H,11,14)/t8-/m0/s1. The largest absolute Gasteiger partial charge is 0.349 e. The number of rotatable bonds is 4. The van der Waals surface area contributed by atoms with E-state index in [1.807, 2.05) is 6.92 Å². The Morgan fingerprint density at radius 1 is 1.71 bits per heavy atom. The molecule has 0 unspecified atom stereocenters. The summed E-state index contributed by atoms with van der Waals surface area (Å²) < 4.78 is 0. The Hall–Kier alpha value is -1.49. The smallest absolute Gasteiger partial charge is 0.237 e. The van der Waals surface area contributed by atoms with E-state index in [2.05, 4.69) is 15.5 Å². The molecule has 5 nitrogen and oxygen atoms in total. The highest BCUT2D eigenvalue weighted by Crippen LogP contribution is 1.91. The molecule has 1 amide bonds. The van der Waals surface area contributed by atoms with Crippen LogP contribution < -0.4 is 11.1 Å². The van der Waals surface area contributed by atoms with E-state index in [4.69, 9.17) is 5.73 Å². The number of nitrogens with zero attached hydrogens (tertiary/aromatic N) is 2. The van der Waals surface area contributed by atoms with Crippen LogP contribution in [0.3, 0.4) is 0 Å². The SMILES string of the molecule is CC[C@H](N)C(=O)NCc1cccnn1. The van der Waals surface area contributed by atoms with Crippen LogP contribution in [-0.4, -0.2) is 22.1 Å². The quantitative estimate of drug-likeness (QED) is 0.697. The average Bonchev–Trinajstić information content (AvgIpc) is 2.26. The van der Waals surface area contributed by atoms with Crippen LogP contribution >= 0.6 is 0 Å². The van der Waals surface area contributed by atoms with Crippen molar-refractivity contribution in [1.82, 2.24) is 15.5 Å². The topological polar surface area (TPSA) is 80.9 Å². The van der Waals surface area contributed by atoms with E-state index in [-0.39, 0.29) is 5.91 Å². The third kappa shape index (κ3) is 3.10. The number of amides is 1. The van der Waals surface area contributed by atoms with Crippen LogP contribution in [0.2, 0.25) is 0 Å². The summed E-state index contributed by atoms with van der Waals surface area (Å²) in [4.78, 5) is 11.3. The Morgan fingerprint density at radius 2 is 2.50 bits per heavy atom. The summed E-state index contributed by atoms with van der Waals surface area (Å²) in [5.41, 5.74) is 6.26. The minimum Gasteiger partial charge on any atom is -0.349 e. The zero-order valence-electron chi connectivity index (χ0n) is 8.10. The summed E-state index contributed by atoms with van der Waals surface area (Å²) in [6.45, 7) is 2.24. The monoisotopic (exact) mass is 194 g/mol. The van der Waals surface area contributed by atoms with Gasteiger partial charge in [0.15, 0.2) is 0 Å². The lowest BCUT2D eigenvalue weighted by molar-refractivity contribution is -0.122. The molecule has 1 heterocycles. The zero-order valence-corrected chi connectivity index (χ0v) is 8.10. The Labute approximate surface area is 82.7 Å². The van der Waals surface area contributed by atoms with E-state index in [1.165, 1.54) is 0 Å². The molecule has 0 radical (unpaired) electrons. The molecule has 0 bridgehead atoms. The molecule has 1 rings (SSSR count). The Kier molecular flexibility index (Phi) is 4.00. The summed E-state index contributed by atoms with van der Waals surface area (Å²) in [6, 6.07) is 3.13. The second-order valence-electron chi connectivity index (χ2n) is 2.95. The Morgan fingerprint density at radius 3 is 3.07 bits per heavy atom. The molecule has 0 aromatic carbocycles. The lowest BCUT2D eigenvalue weighted by Crippen LogP contribution is -2.39. The molecule has 1 aromatic rings. The van der Waals surface area contributed by atoms with Gasteiger partial charge in [-0.2, -0.15) is 10.2 Å². The van der Waals surface area contributed by atoms with Gasteiger partial charge < -0.3 is 11.1 Å². The molecule has 0 saturated carbocycles. The number of nitrogens with two attached hydrogens (primary N) is 1. The van der Waals surface area contributed by atoms with E-state index < -0.39 is 6.04 Å². The van der Waals surface area contributed by atoms with Gasteiger partial charge in [0.2, 0.25) is 5.91 Å². The third-order valence-corrected chi connectivity index (χ3v) is 1.85. The first kappa shape index (κ1) is 10.6. The molecule has 3 N–H and O–H groups in total. The van der Waals surface area contributed by atoms with Crippen molar-refractivity contribution in [2.75, 3.05) is 0 Å². The molecule has 14 heavy (non-hydrogen) atoms. The normalized spacial score (nSPS) is 12.1. The number of carbonyl (C=O) groups is 1. The van der Waals surface area contributed by atoms with Crippen LogP contribution in [0.1, 0.15) is 19.0 Å². The number of carbonyl (C=O) groups excluding carboxylic acids is 1. The maximum atomic E-state index is 11.3. The van der Waals surface area contributed by atoms with Gasteiger partial charge in [-0.15, -0.1) is 0 Å². The van der Waals surface area contributed by atoms with Crippen LogP contribution in [0.15, 0.2) is 18.3 Å². The Bertz CT molecular complexity index is 288. The summed E-state index contributed by atoms with van der Waals surface area (Å²) in [7, 11) is 0. The molecule has 1 aromatic heterocycles. The van der Waals surface area contributed by atoms with Crippen LogP contribution in [-0.2, 0) is 11.3 Å². The van der Waals surface area contributed by atoms with Crippen molar-refractivity contribution in [3.8, 4) is 0 Å². The number of hydrogen-bond donors (Lipinski definition) is 2. The predicted molar refractivity (Wildman–Crippen MR) is 52.1 cm³/mol. The third-order valence-electron chi connectivity index (χ3n) is 1.85. The number of aromatic nitrogens is 2. The van der Waals surface area contributed by atoms with Crippen molar-refractivity contribution in [1.29, 1.82) is 0 Å². The molecule has 0 fully saturated rings. The predicted octanol–water partition coefficient (Wildman–Crippen LogP) is -0.170. The minimum atomic E-state index is -0.438. The van der Waals surface area contributed by atoms with Gasteiger partial charge in [-0.1, -0.05) is 6.92 Å². The van der Waals surface area contributed by atoms with Gasteiger partial charge in [0.25, 0.3) is 0 Å². The maximum Gasteiger partial charge on any atom is 0.237 e. The summed E-state index contributed by atoms with van der Waals surface area (Å²) in [5.74, 6) is -0.154. The van der Waals surface area contributed by atoms with Crippen molar-refractivity contribution in [3.63, 3.8) is 0 Å². The maximum absolute atomic E-state index is 11.3. The highest BCUT2D eigenvalue weighted by atomic mass is 16.2. The molecular weight excluding hydrogens is 180 g/mol. The van der Waals surface area contributed by atoms with Gasteiger partial charge >= 0.3 is 0 Å². The van der Waals surface area contributed by atoms with E-state index in [0.29, 0.717) is 13.0 Å². The molecule has 0 aliphatic carbocycles. The number of hydrogen-bond acceptors (Lipinski definition) is 4. The number of nitrogens with one attached hydrogen (secondary N) is 1. The molecule has 0 spiro atoms. The summed E-state index contributed by atoms with van der Waals surface area (Å²) in [6.07, 6.45) is 2.22. The second-order valence-corrected chi connectivity index (χ2v) is 2.95. The molecule has 0 aliphatic heterocycles. The van der Waals surface area contributed by atoms with E-state index in [9.17, 15) is 4.79 Å². The fourth-order valence-electron chi connectivity index (χ4n) is 0.922. The van der Waals surface area contributed by atoms with Crippen LogP contribution in [0.4, 0.5) is 0 Å². The first-order valence-electron chi connectivity index (χ1n) is 4.54. The van der Waals surface area contributed by atoms with Gasteiger partial charge in [-0.3, -0.25) is 4.79 Å². The van der Waals surface area contributed by atoms with Gasteiger partial charge in [0.1, 0.15) is 0 Å². The lowest BCUT2D eigenvalue weighted by atomic mass is 10.2. The van der Waals surface area contributed by atoms with Crippen molar-refractivity contribution in [3.05, 3.63) is 24.0 Å². The summed E-state index contributed by atoms with van der Waals surface area (Å²) in [5, 5.41) is 10.2. The van der Waals surface area contributed by atoms with Gasteiger partial charge in [-0.05, 0) is 18.6 Å². The second kappa shape index (κ2) is 5.29. The van der Waals surface area contributed by atoms with Crippen molar-refractivity contribution in [2.24, 2.45) is 5.73 Å². The van der Waals surface area contributed by atoms with Crippen molar-refractivity contribution < 1.29 is 4.79 Å². The van der Waals surface area contributed by atoms with Crippen molar-refractivity contribution in [2.45, 2.75) is 25.9 Å². The van der Waals surface area contributed by atoms with Gasteiger partial charge in [-0.25, -0.2) is 0 Å². The molecule has 5 heteroatoms. The zero-order chi connectivity index (χ0) is 10.4. The van der Waals surface area contributed by atoms with Gasteiger partial charge in [0, 0.05) is 6.20 Å². The van der Waals surface area contributed by atoms with Gasteiger partial charge in [0.05, 0.1) is 18.3 Å². The molecule has 0 saturated heterocycles. The average molecular weight is 194 g/mol. The first-order chi connectivity index (χ1) is 6.74. The molecule has 0 aliphatic rings. The molecular formula is C9H14N4O. The lowest BCUT2D eigenvalue weighted by Gasteiger charge is -2.08. The van der Waals surface area contributed by atoms with E-state index >= 15 is 0 Å². The highest BCUT2D eigenvalue weighted by Gasteiger charge is 2.09. The first-order valence-corrected chi connectivity index (χ1v) is 4.54. The Balaban J connectivity index is 2.38. The van der Waals surface area contributed by atoms with E-state index in [0.717, 1.165) is 5.69 Å². The van der Waals surface area contributed by atoms with Crippen LogP contribution in [0, 0.1) is 0 Å². The molecule has 1 atom stereocenters. The van der Waals surface area contributed by atoms with Crippen LogP contribution in [0.5, 0.6) is 0 Å². The highest BCUT2D eigenvalue weighted by molar-refractivity contribution is 5.81. The van der Waals surface area contributed by atoms with Crippen LogP contribution in [0.25, 0.3) is 0 Å². The van der Waals surface area contributed by atoms with Crippen molar-refractivity contribution >= 4 is 5.91 Å².